The van der Waals surface area contributed by atoms with Crippen molar-refractivity contribution in [3.8, 4) is 0 Å². The number of para-hydroxylation sites is 1. The van der Waals surface area contributed by atoms with Crippen LogP contribution in [0.25, 0.3) is 10.9 Å². The van der Waals surface area contributed by atoms with E-state index in [4.69, 9.17) is 5.73 Å². The van der Waals surface area contributed by atoms with Crippen LogP contribution in [-0.2, 0) is 0 Å². The minimum absolute atomic E-state index is 0.0151. The summed E-state index contributed by atoms with van der Waals surface area (Å²) in [5.74, 6) is 0. The van der Waals surface area contributed by atoms with Gasteiger partial charge in [-0.3, -0.25) is 10.7 Å². The summed E-state index contributed by atoms with van der Waals surface area (Å²) >= 11 is 4.68. The molecule has 0 unspecified atom stereocenters. The molecule has 0 aliphatic heterocycles. The third kappa shape index (κ3) is 1.65. The highest BCUT2D eigenvalue weighted by Gasteiger charge is 2.00. The first-order chi connectivity index (χ1) is 6.77. The Morgan fingerprint density at radius 2 is 2.07 bits per heavy atom. The molecule has 1 aromatic carbocycles. The molecule has 3 nitrogen and oxygen atoms in total. The fraction of sp³-hybridized carbons (Fsp3) is 0. The Morgan fingerprint density at radius 1 is 1.29 bits per heavy atom. The highest BCUT2D eigenvalue weighted by atomic mass is 32.1. The van der Waals surface area contributed by atoms with E-state index in [2.05, 4.69) is 22.5 Å². The molecule has 2 rings (SSSR count). The van der Waals surface area contributed by atoms with Crippen LogP contribution >= 0.6 is 12.2 Å². The van der Waals surface area contributed by atoms with Crippen LogP contribution in [0.5, 0.6) is 0 Å². The van der Waals surface area contributed by atoms with Crippen molar-refractivity contribution in [2.75, 3.05) is 5.32 Å². The third-order valence-corrected chi connectivity index (χ3v) is 2.00. The molecule has 14 heavy (non-hydrogen) atoms. The Balaban J connectivity index is 2.59. The lowest BCUT2D eigenvalue weighted by Gasteiger charge is -2.05. The van der Waals surface area contributed by atoms with Gasteiger partial charge in [-0.25, -0.2) is 0 Å². The zero-order valence-electron chi connectivity index (χ0n) is 7.32. The summed E-state index contributed by atoms with van der Waals surface area (Å²) in [6.45, 7) is 0. The quantitative estimate of drug-likeness (QED) is 0.721. The number of aromatic nitrogens is 1. The molecule has 0 bridgehead atoms. The molecule has 0 aliphatic rings. The Labute approximate surface area is 86.9 Å². The van der Waals surface area contributed by atoms with Crippen LogP contribution < -0.4 is 11.1 Å². The lowest BCUT2D eigenvalue weighted by molar-refractivity contribution is 1.41. The second kappa shape index (κ2) is 3.59. The molecule has 69 valence electrons. The van der Waals surface area contributed by atoms with E-state index in [0.29, 0.717) is 0 Å². The van der Waals surface area contributed by atoms with E-state index in [1.165, 1.54) is 0 Å². The van der Waals surface area contributed by atoms with Gasteiger partial charge in [0.2, 0.25) is 0 Å². The van der Waals surface area contributed by atoms with Gasteiger partial charge in [-0.2, -0.15) is 0 Å². The molecule has 0 atom stereocenters. The molecule has 4 heteroatoms. The molecule has 0 spiro atoms. The average Bonchev–Trinajstić information content (AvgIpc) is 2.18. The summed E-state index contributed by atoms with van der Waals surface area (Å²) in [5.41, 5.74) is 8.92. The van der Waals surface area contributed by atoms with Crippen molar-refractivity contribution in [1.82, 2.24) is 10.7 Å². The standard InChI is InChI=1S/C10H8N3S/c11-10(14)13-9-5-6-12-8-4-2-1-3-7(8)9/h1-6,11H,(H,12,13,14). The van der Waals surface area contributed by atoms with Crippen molar-refractivity contribution in [2.24, 2.45) is 0 Å². The lowest BCUT2D eigenvalue weighted by atomic mass is 10.2. The zero-order chi connectivity index (χ0) is 9.97. The molecule has 2 N–H and O–H groups in total. The van der Waals surface area contributed by atoms with E-state index in [1.54, 1.807) is 6.20 Å². The molecule has 1 aromatic heterocycles. The van der Waals surface area contributed by atoms with Crippen LogP contribution in [0.1, 0.15) is 0 Å². The van der Waals surface area contributed by atoms with Gasteiger partial charge in [0.1, 0.15) is 0 Å². The SMILES string of the molecule is [NH]C(=S)Nc1ccnc2ccccc12. The van der Waals surface area contributed by atoms with E-state index in [1.807, 2.05) is 30.3 Å². The maximum Gasteiger partial charge on any atom is 0.189 e. The van der Waals surface area contributed by atoms with Crippen LogP contribution in [0, 0.1) is 0 Å². The van der Waals surface area contributed by atoms with Crippen LogP contribution in [0.2, 0.25) is 0 Å². The normalized spacial score (nSPS) is 10.0. The number of hydrogen-bond donors (Lipinski definition) is 1. The van der Waals surface area contributed by atoms with E-state index in [9.17, 15) is 0 Å². The number of anilines is 1. The topological polar surface area (TPSA) is 48.7 Å². The fourth-order valence-corrected chi connectivity index (χ4v) is 1.44. The van der Waals surface area contributed by atoms with Gasteiger partial charge in [-0.05, 0) is 24.4 Å². The fourth-order valence-electron chi connectivity index (χ4n) is 1.33. The number of nitrogens with one attached hydrogen (secondary N) is 2. The molecule has 0 fully saturated rings. The molecule has 2 aromatic rings. The van der Waals surface area contributed by atoms with E-state index in [0.717, 1.165) is 16.6 Å². The van der Waals surface area contributed by atoms with Crippen LogP contribution in [-0.4, -0.2) is 10.1 Å². The van der Waals surface area contributed by atoms with E-state index in [-0.39, 0.29) is 5.11 Å². The number of rotatable bonds is 1. The molecular weight excluding hydrogens is 194 g/mol. The molecule has 0 saturated carbocycles. The van der Waals surface area contributed by atoms with Gasteiger partial charge in [0.25, 0.3) is 0 Å². The van der Waals surface area contributed by atoms with Gasteiger partial charge in [-0.15, -0.1) is 0 Å². The van der Waals surface area contributed by atoms with Crippen molar-refractivity contribution < 1.29 is 0 Å². The average molecular weight is 202 g/mol. The van der Waals surface area contributed by atoms with Crippen molar-refractivity contribution in [1.29, 1.82) is 0 Å². The van der Waals surface area contributed by atoms with Crippen molar-refractivity contribution in [3.05, 3.63) is 36.5 Å². The van der Waals surface area contributed by atoms with Gasteiger partial charge in [0.05, 0.1) is 11.2 Å². The molecule has 0 saturated heterocycles. The summed E-state index contributed by atoms with van der Waals surface area (Å²) in [5, 5.41) is 3.80. The summed E-state index contributed by atoms with van der Waals surface area (Å²) in [7, 11) is 0. The first kappa shape index (κ1) is 8.90. The van der Waals surface area contributed by atoms with Gasteiger partial charge in [0.15, 0.2) is 5.11 Å². The minimum Gasteiger partial charge on any atom is -0.331 e. The maximum atomic E-state index is 7.19. The van der Waals surface area contributed by atoms with Crippen molar-refractivity contribution in [3.63, 3.8) is 0 Å². The summed E-state index contributed by atoms with van der Waals surface area (Å²) in [4.78, 5) is 4.20. The zero-order valence-corrected chi connectivity index (χ0v) is 8.14. The highest BCUT2D eigenvalue weighted by Crippen LogP contribution is 2.20. The van der Waals surface area contributed by atoms with Crippen LogP contribution in [0.3, 0.4) is 0 Å². The summed E-state index contributed by atoms with van der Waals surface area (Å²) < 4.78 is 0. The van der Waals surface area contributed by atoms with Crippen LogP contribution in [0.15, 0.2) is 36.5 Å². The number of pyridine rings is 1. The Kier molecular flexibility index (Phi) is 2.28. The Morgan fingerprint density at radius 3 is 2.86 bits per heavy atom. The van der Waals surface area contributed by atoms with E-state index >= 15 is 0 Å². The third-order valence-electron chi connectivity index (χ3n) is 1.90. The minimum atomic E-state index is 0.0151. The van der Waals surface area contributed by atoms with Gasteiger partial charge in [-0.1, -0.05) is 18.2 Å². The van der Waals surface area contributed by atoms with Crippen molar-refractivity contribution in [2.45, 2.75) is 0 Å². The molecule has 1 heterocycles. The highest BCUT2D eigenvalue weighted by molar-refractivity contribution is 7.80. The maximum absolute atomic E-state index is 7.19. The predicted octanol–water partition coefficient (Wildman–Crippen LogP) is 2.21. The molecular formula is C10H8N3S. The number of benzene rings is 1. The lowest BCUT2D eigenvalue weighted by Crippen LogP contribution is -2.09. The first-order valence-corrected chi connectivity index (χ1v) is 4.54. The largest absolute Gasteiger partial charge is 0.331 e. The molecule has 0 amide bonds. The van der Waals surface area contributed by atoms with Crippen LogP contribution in [0.4, 0.5) is 5.69 Å². The van der Waals surface area contributed by atoms with Gasteiger partial charge >= 0.3 is 0 Å². The number of thiocarbonyl (C=S) groups is 1. The summed E-state index contributed by atoms with van der Waals surface area (Å²) in [6, 6.07) is 9.54. The van der Waals surface area contributed by atoms with Gasteiger partial charge < -0.3 is 5.32 Å². The smallest absolute Gasteiger partial charge is 0.189 e. The van der Waals surface area contributed by atoms with Crippen molar-refractivity contribution >= 4 is 33.9 Å². The first-order valence-electron chi connectivity index (χ1n) is 4.14. The Hall–Kier alpha value is -1.68. The van der Waals surface area contributed by atoms with E-state index < -0.39 is 0 Å². The number of nitrogens with zero attached hydrogens (tertiary/aromatic N) is 1. The summed E-state index contributed by atoms with van der Waals surface area (Å²) in [6.07, 6.45) is 1.70. The number of hydrogen-bond acceptors (Lipinski definition) is 2. The molecule has 1 radical (unpaired) electrons. The molecule has 0 aliphatic carbocycles. The van der Waals surface area contributed by atoms with Gasteiger partial charge in [0, 0.05) is 11.6 Å². The second-order valence-electron chi connectivity index (χ2n) is 2.83. The number of fused-ring (bicyclic) bond motifs is 1. The predicted molar refractivity (Wildman–Crippen MR) is 61.1 cm³/mol. The monoisotopic (exact) mass is 202 g/mol. The Bertz CT molecular complexity index is 476. The second-order valence-corrected chi connectivity index (χ2v) is 3.24.